The number of anilines is 3. The summed E-state index contributed by atoms with van der Waals surface area (Å²) >= 11 is 0. The molecular weight excluding hydrogens is 729 g/mol. The van der Waals surface area contributed by atoms with Crippen molar-refractivity contribution in [2.24, 2.45) is 7.05 Å². The molecule has 0 bridgehead atoms. The van der Waals surface area contributed by atoms with Crippen LogP contribution in [0, 0.1) is 0 Å². The predicted octanol–water partition coefficient (Wildman–Crippen LogP) is 4.61. The van der Waals surface area contributed by atoms with E-state index < -0.39 is 11.9 Å². The fraction of sp³-hybridized carbons (Fsp3) is 0.488. The van der Waals surface area contributed by atoms with Gasteiger partial charge in [0.25, 0.3) is 5.91 Å². The minimum Gasteiger partial charge on any atom is -0.489 e. The molecule has 2 saturated carbocycles. The van der Waals surface area contributed by atoms with Gasteiger partial charge in [-0.3, -0.25) is 28.8 Å². The van der Waals surface area contributed by atoms with Crippen LogP contribution < -0.4 is 26.0 Å². The first-order valence-corrected chi connectivity index (χ1v) is 20.0. The van der Waals surface area contributed by atoms with Crippen LogP contribution in [-0.2, 0) is 21.4 Å². The molecule has 5 aromatic rings. The van der Waals surface area contributed by atoms with E-state index in [-0.39, 0.29) is 48.3 Å². The Morgan fingerprint density at radius 3 is 2.42 bits per heavy atom. The monoisotopic (exact) mass is 776 g/mol. The van der Waals surface area contributed by atoms with Gasteiger partial charge in [0.1, 0.15) is 35.1 Å². The number of para-hydroxylation sites is 1. The van der Waals surface area contributed by atoms with Crippen molar-refractivity contribution in [1.82, 2.24) is 38.9 Å². The predicted molar refractivity (Wildman–Crippen MR) is 213 cm³/mol. The number of pyridine rings is 1. The van der Waals surface area contributed by atoms with Crippen LogP contribution >= 0.6 is 0 Å². The molecule has 16 nitrogen and oxygen atoms in total. The lowest BCUT2D eigenvalue weighted by Crippen LogP contribution is -2.44. The Morgan fingerprint density at radius 2 is 1.70 bits per heavy atom. The van der Waals surface area contributed by atoms with Crippen molar-refractivity contribution in [2.45, 2.75) is 94.6 Å². The molecule has 298 valence electrons. The number of aryl methyl sites for hydroxylation is 1. The summed E-state index contributed by atoms with van der Waals surface area (Å²) in [5.74, 6) is 0.917. The van der Waals surface area contributed by atoms with E-state index in [4.69, 9.17) is 14.5 Å². The highest BCUT2D eigenvalue weighted by Crippen LogP contribution is 2.36. The lowest BCUT2D eigenvalue weighted by Gasteiger charge is -2.40. The average Bonchev–Trinajstić information content (AvgIpc) is 3.92. The molecule has 0 radical (unpaired) electrons. The minimum atomic E-state index is -0.713. The molecule has 2 N–H and O–H groups in total. The lowest BCUT2D eigenvalue weighted by molar-refractivity contribution is -0.135. The molecule has 6 heterocycles. The summed E-state index contributed by atoms with van der Waals surface area (Å²) in [6, 6.07) is 11.0. The number of hydrogen-bond acceptors (Lipinski definition) is 11. The van der Waals surface area contributed by atoms with Crippen LogP contribution in [0.25, 0.3) is 22.1 Å². The first kappa shape index (κ1) is 36.8. The highest BCUT2D eigenvalue weighted by molar-refractivity contribution is 6.01. The first-order valence-electron chi connectivity index (χ1n) is 20.0. The summed E-state index contributed by atoms with van der Waals surface area (Å²) in [6.07, 6.45) is 12.0. The topological polar surface area (TPSA) is 171 Å². The molecule has 57 heavy (non-hydrogen) atoms. The van der Waals surface area contributed by atoms with Crippen molar-refractivity contribution in [2.75, 3.05) is 37.4 Å². The Morgan fingerprint density at radius 1 is 0.912 bits per heavy atom. The molecule has 9 rings (SSSR count). The number of carbonyl (C=O) groups is 3. The van der Waals surface area contributed by atoms with Gasteiger partial charge in [-0.2, -0.15) is 4.98 Å². The van der Waals surface area contributed by atoms with Crippen LogP contribution in [0.3, 0.4) is 0 Å². The van der Waals surface area contributed by atoms with Crippen LogP contribution in [-0.4, -0.2) is 96.8 Å². The number of benzene rings is 1. The molecule has 3 amide bonds. The third-order valence-electron chi connectivity index (χ3n) is 12.0. The SMILES string of the molecule is CN(C)C(=O)c1cc2cnc(Nc3ccc(OC4CC(OC5CCN(c6cccc7c6n(C)c(=O)n7[C@H]6CCC(=O)NC6=O)CC5)C4)cn3)nc2n1C1CCCC1. The highest BCUT2D eigenvalue weighted by Gasteiger charge is 2.36. The third kappa shape index (κ3) is 7.00. The van der Waals surface area contributed by atoms with E-state index in [2.05, 4.69) is 30.1 Å². The molecule has 4 aromatic heterocycles. The number of ether oxygens (including phenoxy) is 2. The normalized spacial score (nSPS) is 21.9. The van der Waals surface area contributed by atoms with Crippen LogP contribution in [0.2, 0.25) is 0 Å². The van der Waals surface area contributed by atoms with Crippen LogP contribution in [0.1, 0.15) is 86.8 Å². The van der Waals surface area contributed by atoms with Crippen molar-refractivity contribution >= 4 is 57.2 Å². The number of hydrogen-bond donors (Lipinski definition) is 2. The molecule has 0 unspecified atom stereocenters. The van der Waals surface area contributed by atoms with Gasteiger partial charge >= 0.3 is 5.69 Å². The van der Waals surface area contributed by atoms with Gasteiger partial charge in [0.2, 0.25) is 17.8 Å². The van der Waals surface area contributed by atoms with E-state index in [1.165, 1.54) is 4.57 Å². The zero-order valence-electron chi connectivity index (χ0n) is 32.5. The number of amides is 3. The summed E-state index contributed by atoms with van der Waals surface area (Å²) in [5.41, 5.74) is 3.57. The smallest absolute Gasteiger partial charge is 0.329 e. The molecular formula is C41H48N10O6. The summed E-state index contributed by atoms with van der Waals surface area (Å²) in [6.45, 7) is 1.56. The number of nitrogens with zero attached hydrogens (tertiary/aromatic N) is 8. The summed E-state index contributed by atoms with van der Waals surface area (Å²) in [7, 11) is 5.27. The molecule has 1 atom stereocenters. The van der Waals surface area contributed by atoms with Gasteiger partial charge in [-0.1, -0.05) is 18.9 Å². The van der Waals surface area contributed by atoms with Gasteiger partial charge in [-0.25, -0.2) is 14.8 Å². The first-order chi connectivity index (χ1) is 27.6. The second kappa shape index (κ2) is 15.0. The number of rotatable bonds is 10. The Hall–Kier alpha value is -5.77. The van der Waals surface area contributed by atoms with Gasteiger partial charge in [-0.05, 0) is 62.4 Å². The van der Waals surface area contributed by atoms with E-state index >= 15 is 0 Å². The summed E-state index contributed by atoms with van der Waals surface area (Å²) in [5, 5.41) is 6.44. The summed E-state index contributed by atoms with van der Waals surface area (Å²) < 4.78 is 18.0. The number of imidazole rings is 1. The fourth-order valence-electron chi connectivity index (χ4n) is 8.96. The van der Waals surface area contributed by atoms with Crippen molar-refractivity contribution in [3.8, 4) is 5.75 Å². The molecule has 4 fully saturated rings. The maximum absolute atomic E-state index is 13.4. The highest BCUT2D eigenvalue weighted by atomic mass is 16.5. The van der Waals surface area contributed by atoms with Crippen molar-refractivity contribution in [3.63, 3.8) is 0 Å². The Kier molecular flexibility index (Phi) is 9.67. The zero-order chi connectivity index (χ0) is 39.4. The number of piperidine rings is 2. The molecule has 0 spiro atoms. The van der Waals surface area contributed by atoms with Crippen molar-refractivity contribution in [1.29, 1.82) is 0 Å². The zero-order valence-corrected chi connectivity index (χ0v) is 32.5. The molecule has 16 heteroatoms. The van der Waals surface area contributed by atoms with E-state index in [1.807, 2.05) is 36.4 Å². The van der Waals surface area contributed by atoms with Crippen LogP contribution in [0.15, 0.2) is 53.6 Å². The Balaban J connectivity index is 0.774. The van der Waals surface area contributed by atoms with E-state index in [0.717, 1.165) is 86.7 Å². The van der Waals surface area contributed by atoms with Gasteiger partial charge < -0.3 is 29.2 Å². The maximum Gasteiger partial charge on any atom is 0.329 e. The van der Waals surface area contributed by atoms with Crippen LogP contribution in [0.4, 0.5) is 17.5 Å². The lowest BCUT2D eigenvalue weighted by atomic mass is 9.91. The number of aromatic nitrogens is 6. The maximum atomic E-state index is 13.4. The van der Waals surface area contributed by atoms with Crippen molar-refractivity contribution in [3.05, 3.63) is 65.0 Å². The number of carbonyl (C=O) groups excluding carboxylic acids is 3. The molecule has 2 aliphatic carbocycles. The minimum absolute atomic E-state index is 0.0412. The number of imide groups is 1. The largest absolute Gasteiger partial charge is 0.489 e. The van der Waals surface area contributed by atoms with Crippen molar-refractivity contribution < 1.29 is 23.9 Å². The van der Waals surface area contributed by atoms with E-state index in [1.54, 1.807) is 43.0 Å². The third-order valence-corrected chi connectivity index (χ3v) is 12.0. The Labute approximate surface area is 329 Å². The standard InChI is InChI=1S/C41H48N10O6/c1-47(2)39(54)33-19-24-22-43-40(46-37(24)50(33)25-7-4-5-8-25)44-34-13-11-27(23-42-34)57-29-20-28(21-29)56-26-15-17-49(18-16-26)30-9-6-10-31-36(30)48(3)41(55)51(31)32-12-14-35(52)45-38(32)53/h6,9-11,13,19,22-23,25-26,28-29,32H,4-5,7-8,12,14-18,20-21H2,1-3H3,(H,45,52,53)(H,42,43,44,46)/t28?,29?,32-/m0/s1. The van der Waals surface area contributed by atoms with Gasteiger partial charge in [0, 0.05) is 71.1 Å². The van der Waals surface area contributed by atoms with Gasteiger partial charge in [0.15, 0.2) is 0 Å². The number of fused-ring (bicyclic) bond motifs is 2. The summed E-state index contributed by atoms with van der Waals surface area (Å²) in [4.78, 5) is 68.7. The molecule has 4 aliphatic rings. The molecule has 2 aliphatic heterocycles. The second-order valence-corrected chi connectivity index (χ2v) is 16.0. The van der Waals surface area contributed by atoms with Crippen LogP contribution in [0.5, 0.6) is 5.75 Å². The van der Waals surface area contributed by atoms with E-state index in [0.29, 0.717) is 35.1 Å². The molecule has 2 saturated heterocycles. The van der Waals surface area contributed by atoms with Gasteiger partial charge in [0.05, 0.1) is 35.1 Å². The Bertz CT molecular complexity index is 2400. The van der Waals surface area contributed by atoms with Gasteiger partial charge in [-0.15, -0.1) is 0 Å². The fourth-order valence-corrected chi connectivity index (χ4v) is 8.96. The molecule has 1 aromatic carbocycles. The number of nitrogens with one attached hydrogen (secondary N) is 2. The quantitative estimate of drug-likeness (QED) is 0.190. The average molecular weight is 777 g/mol. The van der Waals surface area contributed by atoms with E-state index in [9.17, 15) is 19.2 Å². The second-order valence-electron chi connectivity index (χ2n) is 16.0.